The Morgan fingerprint density at radius 3 is 2.10 bits per heavy atom. The molecule has 0 radical (unpaired) electrons. The summed E-state index contributed by atoms with van der Waals surface area (Å²) in [5.74, 6) is -3.09. The fourth-order valence-corrected chi connectivity index (χ4v) is 1.91. The van der Waals surface area contributed by atoms with Gasteiger partial charge < -0.3 is 4.90 Å². The fraction of sp³-hybridized carbons (Fsp3) is 0.133. The van der Waals surface area contributed by atoms with Crippen LogP contribution in [0.5, 0.6) is 0 Å². The molecule has 2 rings (SSSR count). The molecule has 0 fully saturated rings. The van der Waals surface area contributed by atoms with Crippen molar-refractivity contribution < 1.29 is 18.0 Å². The molecule has 0 N–H and O–H groups in total. The molecule has 2 nitrogen and oxygen atoms in total. The quantitative estimate of drug-likeness (QED) is 0.799. The zero-order valence-corrected chi connectivity index (χ0v) is 10.7. The summed E-state index contributed by atoms with van der Waals surface area (Å²) >= 11 is 0. The minimum Gasteiger partial charge on any atom is -0.365 e. The average molecular weight is 279 g/mol. The summed E-state index contributed by atoms with van der Waals surface area (Å²) in [5, 5.41) is 0. The van der Waals surface area contributed by atoms with E-state index in [1.54, 1.807) is 6.07 Å². The van der Waals surface area contributed by atoms with Gasteiger partial charge in [-0.3, -0.25) is 4.79 Å². The smallest absolute Gasteiger partial charge is 0.187 e. The van der Waals surface area contributed by atoms with E-state index in [9.17, 15) is 18.0 Å². The second kappa shape index (κ2) is 5.77. The molecule has 104 valence electrons. The van der Waals surface area contributed by atoms with Crippen molar-refractivity contribution in [2.24, 2.45) is 0 Å². The number of rotatable bonds is 4. The molecule has 0 atom stereocenters. The van der Waals surface area contributed by atoms with Crippen molar-refractivity contribution in [3.63, 3.8) is 0 Å². The second-order valence-electron chi connectivity index (χ2n) is 4.33. The van der Waals surface area contributed by atoms with E-state index in [0.717, 1.165) is 12.1 Å². The number of ketones is 1. The molecule has 0 amide bonds. The van der Waals surface area contributed by atoms with E-state index in [1.165, 1.54) is 36.2 Å². The van der Waals surface area contributed by atoms with Gasteiger partial charge in [0.25, 0.3) is 0 Å². The highest BCUT2D eigenvalue weighted by Crippen LogP contribution is 2.19. The Balaban J connectivity index is 2.22. The van der Waals surface area contributed by atoms with Crippen molar-refractivity contribution in [2.75, 3.05) is 18.5 Å². The van der Waals surface area contributed by atoms with Crippen LogP contribution in [0.15, 0.2) is 42.5 Å². The van der Waals surface area contributed by atoms with Crippen LogP contribution in [0, 0.1) is 17.5 Å². The van der Waals surface area contributed by atoms with Gasteiger partial charge in [-0.2, -0.15) is 0 Å². The molecule has 0 aromatic heterocycles. The van der Waals surface area contributed by atoms with Gasteiger partial charge in [0.1, 0.15) is 17.5 Å². The van der Waals surface area contributed by atoms with Crippen LogP contribution >= 0.6 is 0 Å². The number of hydrogen-bond acceptors (Lipinski definition) is 2. The van der Waals surface area contributed by atoms with Gasteiger partial charge in [0.05, 0.1) is 17.8 Å². The summed E-state index contributed by atoms with van der Waals surface area (Å²) in [7, 11) is 1.48. The van der Waals surface area contributed by atoms with Crippen molar-refractivity contribution in [3.8, 4) is 0 Å². The van der Waals surface area contributed by atoms with Crippen LogP contribution in [0.2, 0.25) is 0 Å². The number of carbonyl (C=O) groups is 1. The third-order valence-corrected chi connectivity index (χ3v) is 2.89. The molecule has 20 heavy (non-hydrogen) atoms. The van der Waals surface area contributed by atoms with Gasteiger partial charge in [-0.05, 0) is 24.3 Å². The van der Waals surface area contributed by atoms with Gasteiger partial charge in [-0.1, -0.05) is 18.2 Å². The molecule has 0 heterocycles. The minimum atomic E-state index is -0.920. The minimum absolute atomic E-state index is 0.192. The molecule has 0 unspecified atom stereocenters. The highest BCUT2D eigenvalue weighted by Gasteiger charge is 2.19. The number of nitrogens with zero attached hydrogens (tertiary/aromatic N) is 1. The van der Waals surface area contributed by atoms with Crippen LogP contribution < -0.4 is 4.90 Å². The maximum absolute atomic E-state index is 13.6. The van der Waals surface area contributed by atoms with Crippen LogP contribution in [-0.4, -0.2) is 19.4 Å². The van der Waals surface area contributed by atoms with E-state index in [2.05, 4.69) is 0 Å². The number of benzene rings is 2. The lowest BCUT2D eigenvalue weighted by molar-refractivity contribution is 0.0992. The van der Waals surface area contributed by atoms with Crippen LogP contribution in [0.3, 0.4) is 0 Å². The Morgan fingerprint density at radius 1 is 0.950 bits per heavy atom. The van der Waals surface area contributed by atoms with Gasteiger partial charge >= 0.3 is 0 Å². The van der Waals surface area contributed by atoms with Crippen molar-refractivity contribution >= 4 is 11.5 Å². The highest BCUT2D eigenvalue weighted by atomic mass is 19.1. The summed E-state index contributed by atoms with van der Waals surface area (Å²) in [6.45, 7) is -0.321. The largest absolute Gasteiger partial charge is 0.365 e. The zero-order valence-electron chi connectivity index (χ0n) is 10.7. The molecule has 0 saturated heterocycles. The molecule has 5 heteroatoms. The average Bonchev–Trinajstić information content (AvgIpc) is 2.38. The number of anilines is 1. The molecule has 0 aliphatic carbocycles. The molecule has 0 aliphatic heterocycles. The maximum atomic E-state index is 13.6. The van der Waals surface area contributed by atoms with Crippen LogP contribution in [0.1, 0.15) is 10.4 Å². The van der Waals surface area contributed by atoms with Crippen molar-refractivity contribution in [1.29, 1.82) is 0 Å². The summed E-state index contributed by atoms with van der Waals surface area (Å²) in [6.07, 6.45) is 0. The van der Waals surface area contributed by atoms with Crippen LogP contribution in [-0.2, 0) is 0 Å². The first-order valence-corrected chi connectivity index (χ1v) is 5.93. The van der Waals surface area contributed by atoms with Gasteiger partial charge in [-0.15, -0.1) is 0 Å². The predicted octanol–water partition coefficient (Wildman–Crippen LogP) is 3.42. The number of para-hydroxylation sites is 1. The summed E-state index contributed by atoms with van der Waals surface area (Å²) in [5.41, 5.74) is -0.409. The van der Waals surface area contributed by atoms with E-state index < -0.39 is 28.8 Å². The van der Waals surface area contributed by atoms with Crippen molar-refractivity contribution in [1.82, 2.24) is 0 Å². The lowest BCUT2D eigenvalue weighted by atomic mass is 10.1. The van der Waals surface area contributed by atoms with Gasteiger partial charge in [0.15, 0.2) is 5.78 Å². The zero-order chi connectivity index (χ0) is 14.7. The number of likely N-dealkylation sites (N-methyl/N-ethyl adjacent to an activating group) is 1. The van der Waals surface area contributed by atoms with Crippen molar-refractivity contribution in [2.45, 2.75) is 0 Å². The van der Waals surface area contributed by atoms with E-state index in [0.29, 0.717) is 0 Å². The van der Waals surface area contributed by atoms with E-state index in [1.807, 2.05) is 0 Å². The molecule has 0 bridgehead atoms. The lowest BCUT2D eigenvalue weighted by Crippen LogP contribution is -2.27. The third-order valence-electron chi connectivity index (χ3n) is 2.89. The molecular weight excluding hydrogens is 267 g/mol. The van der Waals surface area contributed by atoms with Crippen LogP contribution in [0.4, 0.5) is 18.9 Å². The van der Waals surface area contributed by atoms with Crippen molar-refractivity contribution in [3.05, 3.63) is 65.5 Å². The second-order valence-corrected chi connectivity index (χ2v) is 4.33. The number of carbonyl (C=O) groups excluding carboxylic acids is 1. The molecule has 0 spiro atoms. The molecule has 2 aromatic rings. The van der Waals surface area contributed by atoms with E-state index in [4.69, 9.17) is 0 Å². The summed E-state index contributed by atoms with van der Waals surface area (Å²) < 4.78 is 40.5. The van der Waals surface area contributed by atoms with E-state index in [-0.39, 0.29) is 12.2 Å². The predicted molar refractivity (Wildman–Crippen MR) is 70.4 cm³/mol. The Bertz CT molecular complexity index is 623. The normalized spacial score (nSPS) is 10.4. The number of hydrogen-bond donors (Lipinski definition) is 0. The lowest BCUT2D eigenvalue weighted by Gasteiger charge is -2.19. The number of halogens is 3. The number of Topliss-reactive ketones (excluding diaryl/α,β-unsaturated/α-hetero) is 1. The van der Waals surface area contributed by atoms with Gasteiger partial charge in [0.2, 0.25) is 0 Å². The molecule has 2 aromatic carbocycles. The standard InChI is InChI=1S/C15H12F3NO/c1-19(13-8-3-2-5-10(13)16)9-14(20)15-11(17)6-4-7-12(15)18/h2-8H,9H2,1H3. The monoisotopic (exact) mass is 279 g/mol. The molecule has 0 saturated carbocycles. The van der Waals surface area contributed by atoms with E-state index >= 15 is 0 Å². The summed E-state index contributed by atoms with van der Waals surface area (Å²) in [4.78, 5) is 13.2. The van der Waals surface area contributed by atoms with Gasteiger partial charge in [0, 0.05) is 7.05 Å². The SMILES string of the molecule is CN(CC(=O)c1c(F)cccc1F)c1ccccc1F. The van der Waals surface area contributed by atoms with Crippen LogP contribution in [0.25, 0.3) is 0 Å². The Morgan fingerprint density at radius 2 is 1.50 bits per heavy atom. The molecule has 0 aliphatic rings. The maximum Gasteiger partial charge on any atom is 0.187 e. The summed E-state index contributed by atoms with van der Waals surface area (Å²) in [6, 6.07) is 9.08. The Kier molecular flexibility index (Phi) is 4.08. The fourth-order valence-electron chi connectivity index (χ4n) is 1.91. The first kappa shape index (κ1) is 14.1. The molecular formula is C15H12F3NO. The Labute approximate surface area is 114 Å². The topological polar surface area (TPSA) is 20.3 Å². The first-order valence-electron chi connectivity index (χ1n) is 5.93. The Hall–Kier alpha value is -2.30. The van der Waals surface area contributed by atoms with Gasteiger partial charge in [-0.25, -0.2) is 13.2 Å². The first-order chi connectivity index (χ1) is 9.50. The third kappa shape index (κ3) is 2.82. The highest BCUT2D eigenvalue weighted by molar-refractivity contribution is 5.99.